The summed E-state index contributed by atoms with van der Waals surface area (Å²) in [6.45, 7) is 4.94. The van der Waals surface area contributed by atoms with E-state index in [1.165, 1.54) is 11.3 Å². The summed E-state index contributed by atoms with van der Waals surface area (Å²) in [6, 6.07) is 12.5. The Bertz CT molecular complexity index is 434. The molecule has 3 nitrogen and oxygen atoms in total. The Balaban J connectivity index is 1.84. The highest BCUT2D eigenvalue weighted by Gasteiger charge is 2.00. The lowest BCUT2D eigenvalue weighted by atomic mass is 10.2. The van der Waals surface area contributed by atoms with Crippen molar-refractivity contribution in [1.82, 2.24) is 15.1 Å². The van der Waals surface area contributed by atoms with Gasteiger partial charge in [0.1, 0.15) is 0 Å². The summed E-state index contributed by atoms with van der Waals surface area (Å²) >= 11 is 0. The summed E-state index contributed by atoms with van der Waals surface area (Å²) in [5.74, 6) is 0. The summed E-state index contributed by atoms with van der Waals surface area (Å²) in [7, 11) is 0. The molecule has 1 heterocycles. The van der Waals surface area contributed by atoms with Crippen LogP contribution >= 0.6 is 0 Å². The van der Waals surface area contributed by atoms with E-state index >= 15 is 0 Å². The molecule has 0 fully saturated rings. The average molecular weight is 229 g/mol. The van der Waals surface area contributed by atoms with E-state index in [0.717, 1.165) is 26.1 Å². The summed E-state index contributed by atoms with van der Waals surface area (Å²) < 4.78 is 2.07. The molecule has 0 aliphatic heterocycles. The molecule has 0 unspecified atom stereocenters. The topological polar surface area (TPSA) is 29.9 Å². The zero-order valence-corrected chi connectivity index (χ0v) is 10.3. The fraction of sp³-hybridized carbons (Fsp3) is 0.357. The Morgan fingerprint density at radius 3 is 2.71 bits per heavy atom. The Kier molecular flexibility index (Phi) is 4.33. The molecule has 0 spiro atoms. The van der Waals surface area contributed by atoms with Crippen LogP contribution in [0.25, 0.3) is 0 Å². The van der Waals surface area contributed by atoms with Crippen molar-refractivity contribution < 1.29 is 0 Å². The van der Waals surface area contributed by atoms with E-state index in [1.807, 2.05) is 12.3 Å². The summed E-state index contributed by atoms with van der Waals surface area (Å²) in [5, 5.41) is 7.75. The number of aryl methyl sites for hydroxylation is 1. The molecule has 0 aliphatic carbocycles. The van der Waals surface area contributed by atoms with Gasteiger partial charge in [0, 0.05) is 25.8 Å². The van der Waals surface area contributed by atoms with Crippen molar-refractivity contribution in [3.63, 3.8) is 0 Å². The maximum absolute atomic E-state index is 4.31. The molecule has 1 aromatic heterocycles. The predicted octanol–water partition coefficient (Wildman–Crippen LogP) is 2.58. The molecule has 0 aliphatic rings. The molecule has 0 amide bonds. The maximum atomic E-state index is 4.31. The Morgan fingerprint density at radius 2 is 1.94 bits per heavy atom. The summed E-state index contributed by atoms with van der Waals surface area (Å²) in [4.78, 5) is 0. The van der Waals surface area contributed by atoms with E-state index in [0.29, 0.717) is 0 Å². The van der Waals surface area contributed by atoms with E-state index in [2.05, 4.69) is 52.4 Å². The molecule has 0 bridgehead atoms. The molecule has 90 valence electrons. The number of benzene rings is 1. The van der Waals surface area contributed by atoms with Crippen molar-refractivity contribution in [3.05, 3.63) is 53.9 Å². The van der Waals surface area contributed by atoms with Gasteiger partial charge >= 0.3 is 0 Å². The molecule has 2 rings (SSSR count). The number of nitrogens with zero attached hydrogens (tertiary/aromatic N) is 2. The maximum Gasteiger partial charge on any atom is 0.0522 e. The van der Waals surface area contributed by atoms with Crippen LogP contribution in [0.4, 0.5) is 0 Å². The van der Waals surface area contributed by atoms with Gasteiger partial charge in [0.05, 0.1) is 5.69 Å². The molecular formula is C14H19N3. The lowest BCUT2D eigenvalue weighted by Gasteiger charge is -2.07. The third kappa shape index (κ3) is 3.43. The molecule has 1 N–H and O–H groups in total. The van der Waals surface area contributed by atoms with Gasteiger partial charge in [-0.3, -0.25) is 4.68 Å². The van der Waals surface area contributed by atoms with Crippen molar-refractivity contribution in [1.29, 1.82) is 0 Å². The third-order valence-electron chi connectivity index (χ3n) is 2.72. The van der Waals surface area contributed by atoms with Crippen molar-refractivity contribution in [2.75, 3.05) is 0 Å². The Labute approximate surface area is 102 Å². The second kappa shape index (κ2) is 6.21. The van der Waals surface area contributed by atoms with Crippen molar-refractivity contribution in [2.24, 2.45) is 0 Å². The number of rotatable bonds is 6. The minimum atomic E-state index is 0.870. The smallest absolute Gasteiger partial charge is 0.0522 e. The van der Waals surface area contributed by atoms with Gasteiger partial charge in [-0.05, 0) is 18.1 Å². The molecule has 3 heteroatoms. The highest BCUT2D eigenvalue weighted by atomic mass is 15.3. The first-order valence-corrected chi connectivity index (χ1v) is 6.15. The minimum Gasteiger partial charge on any atom is -0.307 e. The SMILES string of the molecule is CCCn1nccc1CNCc1ccccc1. The first kappa shape index (κ1) is 11.9. The molecule has 2 aromatic rings. The van der Waals surface area contributed by atoms with Crippen LogP contribution in [0.1, 0.15) is 24.6 Å². The van der Waals surface area contributed by atoms with E-state index in [9.17, 15) is 0 Å². The van der Waals surface area contributed by atoms with Crippen LogP contribution in [0.5, 0.6) is 0 Å². The first-order valence-electron chi connectivity index (χ1n) is 6.15. The quantitative estimate of drug-likeness (QED) is 0.825. The van der Waals surface area contributed by atoms with Gasteiger partial charge < -0.3 is 5.32 Å². The van der Waals surface area contributed by atoms with E-state index in [1.54, 1.807) is 0 Å². The van der Waals surface area contributed by atoms with Crippen LogP contribution in [-0.4, -0.2) is 9.78 Å². The monoisotopic (exact) mass is 229 g/mol. The largest absolute Gasteiger partial charge is 0.307 e. The summed E-state index contributed by atoms with van der Waals surface area (Å²) in [5.41, 5.74) is 2.57. The molecule has 0 saturated carbocycles. The molecule has 1 aromatic carbocycles. The van der Waals surface area contributed by atoms with Crippen LogP contribution in [-0.2, 0) is 19.6 Å². The number of hydrogen-bond donors (Lipinski definition) is 1. The first-order chi connectivity index (χ1) is 8.40. The van der Waals surface area contributed by atoms with Gasteiger partial charge in [0.2, 0.25) is 0 Å². The standard InChI is InChI=1S/C14H19N3/c1-2-10-17-14(8-9-16-17)12-15-11-13-6-4-3-5-7-13/h3-9,15H,2,10-12H2,1H3. The zero-order valence-electron chi connectivity index (χ0n) is 10.3. The van der Waals surface area contributed by atoms with Crippen LogP contribution < -0.4 is 5.32 Å². The fourth-order valence-corrected chi connectivity index (χ4v) is 1.85. The highest BCUT2D eigenvalue weighted by molar-refractivity contribution is 5.14. The Hall–Kier alpha value is -1.61. The average Bonchev–Trinajstić information content (AvgIpc) is 2.79. The normalized spacial score (nSPS) is 10.6. The molecule has 0 saturated heterocycles. The molecule has 0 radical (unpaired) electrons. The van der Waals surface area contributed by atoms with Crippen molar-refractivity contribution >= 4 is 0 Å². The molecule has 17 heavy (non-hydrogen) atoms. The third-order valence-corrected chi connectivity index (χ3v) is 2.72. The lowest BCUT2D eigenvalue weighted by Crippen LogP contribution is -2.16. The van der Waals surface area contributed by atoms with Gasteiger partial charge in [-0.1, -0.05) is 37.3 Å². The lowest BCUT2D eigenvalue weighted by molar-refractivity contribution is 0.549. The molecular weight excluding hydrogens is 210 g/mol. The van der Waals surface area contributed by atoms with Gasteiger partial charge in [-0.25, -0.2) is 0 Å². The second-order valence-corrected chi connectivity index (χ2v) is 4.13. The highest BCUT2D eigenvalue weighted by Crippen LogP contribution is 2.02. The van der Waals surface area contributed by atoms with Gasteiger partial charge in [-0.2, -0.15) is 5.10 Å². The van der Waals surface area contributed by atoms with Crippen LogP contribution in [0.15, 0.2) is 42.6 Å². The van der Waals surface area contributed by atoms with Gasteiger partial charge in [-0.15, -0.1) is 0 Å². The number of aromatic nitrogens is 2. The van der Waals surface area contributed by atoms with E-state index in [-0.39, 0.29) is 0 Å². The molecule has 0 atom stereocenters. The summed E-state index contributed by atoms with van der Waals surface area (Å²) in [6.07, 6.45) is 2.99. The van der Waals surface area contributed by atoms with Crippen LogP contribution in [0.3, 0.4) is 0 Å². The van der Waals surface area contributed by atoms with Crippen molar-refractivity contribution in [2.45, 2.75) is 33.0 Å². The van der Waals surface area contributed by atoms with E-state index < -0.39 is 0 Å². The number of hydrogen-bond acceptors (Lipinski definition) is 2. The van der Waals surface area contributed by atoms with Gasteiger partial charge in [0.25, 0.3) is 0 Å². The van der Waals surface area contributed by atoms with Crippen molar-refractivity contribution in [3.8, 4) is 0 Å². The Morgan fingerprint density at radius 1 is 1.12 bits per heavy atom. The van der Waals surface area contributed by atoms with Crippen LogP contribution in [0, 0.1) is 0 Å². The van der Waals surface area contributed by atoms with E-state index in [4.69, 9.17) is 0 Å². The van der Waals surface area contributed by atoms with Crippen LogP contribution in [0.2, 0.25) is 0 Å². The minimum absolute atomic E-state index is 0.870. The number of nitrogens with one attached hydrogen (secondary N) is 1. The van der Waals surface area contributed by atoms with Gasteiger partial charge in [0.15, 0.2) is 0 Å². The fourth-order valence-electron chi connectivity index (χ4n) is 1.85. The zero-order chi connectivity index (χ0) is 11.9. The predicted molar refractivity (Wildman–Crippen MR) is 69.5 cm³/mol. The second-order valence-electron chi connectivity index (χ2n) is 4.13.